The van der Waals surface area contributed by atoms with E-state index in [0.29, 0.717) is 5.56 Å². The first-order valence-corrected chi connectivity index (χ1v) is 4.45. The number of carbonyl (C=O) groups is 1. The van der Waals surface area contributed by atoms with Gasteiger partial charge < -0.3 is 4.74 Å². The van der Waals surface area contributed by atoms with Gasteiger partial charge in [0.1, 0.15) is 0 Å². The van der Waals surface area contributed by atoms with Crippen molar-refractivity contribution >= 4 is 12.2 Å². The fraction of sp³-hybridized carbons (Fsp3) is 0.273. The van der Waals surface area contributed by atoms with E-state index in [1.54, 1.807) is 25.3 Å². The summed E-state index contributed by atoms with van der Waals surface area (Å²) < 4.78 is 5.13. The first-order valence-electron chi connectivity index (χ1n) is 4.45. The van der Waals surface area contributed by atoms with Crippen molar-refractivity contribution in [1.29, 1.82) is 0 Å². The number of hydrogen-bond acceptors (Lipinski definition) is 3. The Morgan fingerprint density at radius 1 is 1.50 bits per heavy atom. The number of esters is 1. The van der Waals surface area contributed by atoms with Gasteiger partial charge in [-0.1, -0.05) is 17.7 Å². The molecule has 3 nitrogen and oxygen atoms in total. The van der Waals surface area contributed by atoms with Crippen LogP contribution >= 0.6 is 0 Å². The average molecular weight is 189 g/mol. The van der Waals surface area contributed by atoms with Crippen LogP contribution in [0.25, 0.3) is 0 Å². The van der Waals surface area contributed by atoms with Crippen molar-refractivity contribution in [2.75, 3.05) is 0 Å². The summed E-state index contributed by atoms with van der Waals surface area (Å²) in [5, 5.41) is 0. The molecule has 0 saturated carbocycles. The molecule has 1 heterocycles. The summed E-state index contributed by atoms with van der Waals surface area (Å²) >= 11 is 0. The summed E-state index contributed by atoms with van der Waals surface area (Å²) in [5.41, 5.74) is 0.934. The molecule has 0 spiro atoms. The molecule has 0 radical (unpaired) electrons. The Morgan fingerprint density at radius 3 is 2.79 bits per heavy atom. The summed E-state index contributed by atoms with van der Waals surface area (Å²) in [6.07, 6.45) is 1.61. The van der Waals surface area contributed by atoms with E-state index in [-0.39, 0.29) is 5.97 Å². The summed E-state index contributed by atoms with van der Waals surface area (Å²) in [4.78, 5) is 15.4. The van der Waals surface area contributed by atoms with Crippen LogP contribution < -0.4 is 0 Å². The fourth-order valence-electron chi connectivity index (χ4n) is 1.16. The van der Waals surface area contributed by atoms with E-state index in [0.717, 1.165) is 5.56 Å². The van der Waals surface area contributed by atoms with E-state index >= 15 is 0 Å². The molecule has 0 N–H and O–H groups in total. The highest BCUT2D eigenvalue weighted by atomic mass is 16.6. The van der Waals surface area contributed by atoms with Gasteiger partial charge in [-0.2, -0.15) is 0 Å². The molecule has 1 aliphatic rings. The van der Waals surface area contributed by atoms with Gasteiger partial charge in [0.15, 0.2) is 0 Å². The number of carbonyl (C=O) groups excluding carboxylic acids is 1. The molecule has 1 aromatic carbocycles. The summed E-state index contributed by atoms with van der Waals surface area (Å²) in [7, 11) is 0. The van der Waals surface area contributed by atoms with Crippen LogP contribution in [0.1, 0.15) is 22.8 Å². The quantitative estimate of drug-likeness (QED) is 0.667. The molecule has 1 atom stereocenters. The Kier molecular flexibility index (Phi) is 1.88. The molecule has 0 fully saturated rings. The minimum atomic E-state index is -0.680. The maximum Gasteiger partial charge on any atom is 0.340 e. The fourth-order valence-corrected chi connectivity index (χ4v) is 1.16. The van der Waals surface area contributed by atoms with Crippen molar-refractivity contribution in [3.05, 3.63) is 35.4 Å². The Labute approximate surface area is 82.4 Å². The molecule has 14 heavy (non-hydrogen) atoms. The highest BCUT2D eigenvalue weighted by molar-refractivity contribution is 5.93. The number of aryl methyl sites for hydroxylation is 1. The average Bonchev–Trinajstić information content (AvgIpc) is 2.83. The number of aliphatic imine (C=N–C) groups is 1. The molecule has 72 valence electrons. The van der Waals surface area contributed by atoms with Gasteiger partial charge in [0.25, 0.3) is 0 Å². The number of ether oxygens (including phenoxy) is 1. The predicted molar refractivity (Wildman–Crippen MR) is 53.5 cm³/mol. The highest BCUT2D eigenvalue weighted by Gasteiger charge is 2.35. The zero-order chi connectivity index (χ0) is 10.2. The van der Waals surface area contributed by atoms with Crippen molar-refractivity contribution < 1.29 is 9.53 Å². The monoisotopic (exact) mass is 189 g/mol. The number of rotatable bonds is 2. The van der Waals surface area contributed by atoms with Gasteiger partial charge in [0.2, 0.25) is 5.72 Å². The van der Waals surface area contributed by atoms with Gasteiger partial charge >= 0.3 is 5.97 Å². The lowest BCUT2D eigenvalue weighted by molar-refractivity contribution is 0.0313. The lowest BCUT2D eigenvalue weighted by Crippen LogP contribution is -2.19. The van der Waals surface area contributed by atoms with Crippen molar-refractivity contribution in [1.82, 2.24) is 0 Å². The molecular formula is C11H11NO2. The Hall–Kier alpha value is -1.64. The molecule has 1 aliphatic heterocycles. The Bertz CT molecular complexity index is 404. The second kappa shape index (κ2) is 2.94. The lowest BCUT2D eigenvalue weighted by atomic mass is 10.1. The van der Waals surface area contributed by atoms with Crippen molar-refractivity contribution in [2.45, 2.75) is 19.6 Å². The summed E-state index contributed by atoms with van der Waals surface area (Å²) in [5.74, 6) is -0.325. The highest BCUT2D eigenvalue weighted by Crippen LogP contribution is 2.22. The van der Waals surface area contributed by atoms with Crippen LogP contribution in [0.5, 0.6) is 0 Å². The second-order valence-electron chi connectivity index (χ2n) is 3.57. The van der Waals surface area contributed by atoms with Crippen molar-refractivity contribution in [3.8, 4) is 0 Å². The molecule has 0 aliphatic carbocycles. The second-order valence-corrected chi connectivity index (χ2v) is 3.57. The van der Waals surface area contributed by atoms with Gasteiger partial charge in [0.05, 0.1) is 11.8 Å². The van der Waals surface area contributed by atoms with Crippen LogP contribution in [0.2, 0.25) is 0 Å². The van der Waals surface area contributed by atoms with Crippen molar-refractivity contribution in [3.63, 3.8) is 0 Å². The van der Waals surface area contributed by atoms with Gasteiger partial charge in [-0.05, 0) is 19.1 Å². The minimum Gasteiger partial charge on any atom is -0.428 e. The zero-order valence-corrected chi connectivity index (χ0v) is 8.15. The number of hydrogen-bond donors (Lipinski definition) is 0. The van der Waals surface area contributed by atoms with Crippen LogP contribution in [0.4, 0.5) is 0 Å². The lowest BCUT2D eigenvalue weighted by Gasteiger charge is -2.09. The molecule has 1 unspecified atom stereocenters. The van der Waals surface area contributed by atoms with Gasteiger partial charge in [0, 0.05) is 6.92 Å². The molecule has 0 saturated heterocycles. The zero-order valence-electron chi connectivity index (χ0n) is 8.15. The SMILES string of the molecule is Cc1cccc(C(=O)OC2(C)C=N2)c1. The van der Waals surface area contributed by atoms with Crippen molar-refractivity contribution in [2.24, 2.45) is 4.99 Å². The number of benzene rings is 1. The standard InChI is InChI=1S/C11H11NO2/c1-8-4-3-5-9(6-8)10(13)14-11(2)7-12-11/h3-7H,1-2H3. The van der Waals surface area contributed by atoms with Gasteiger partial charge in [-0.15, -0.1) is 0 Å². The molecule has 3 heteroatoms. The van der Waals surface area contributed by atoms with E-state index in [1.807, 2.05) is 19.1 Å². The van der Waals surface area contributed by atoms with E-state index in [2.05, 4.69) is 4.99 Å². The smallest absolute Gasteiger partial charge is 0.340 e. The van der Waals surface area contributed by atoms with E-state index in [1.165, 1.54) is 0 Å². The van der Waals surface area contributed by atoms with Crippen LogP contribution in [0.15, 0.2) is 29.3 Å². The number of nitrogens with zero attached hydrogens (tertiary/aromatic N) is 1. The van der Waals surface area contributed by atoms with Crippen LogP contribution in [-0.2, 0) is 4.74 Å². The normalized spacial score (nSPS) is 23.3. The van der Waals surface area contributed by atoms with E-state index in [4.69, 9.17) is 4.74 Å². The van der Waals surface area contributed by atoms with E-state index in [9.17, 15) is 4.79 Å². The molecule has 0 aromatic heterocycles. The minimum absolute atomic E-state index is 0.325. The third-order valence-corrected chi connectivity index (χ3v) is 2.05. The molecule has 2 rings (SSSR count). The third-order valence-electron chi connectivity index (χ3n) is 2.05. The van der Waals surface area contributed by atoms with Crippen LogP contribution in [0, 0.1) is 6.92 Å². The maximum absolute atomic E-state index is 11.6. The van der Waals surface area contributed by atoms with Gasteiger partial charge in [-0.3, -0.25) is 0 Å². The first kappa shape index (κ1) is 8.94. The third kappa shape index (κ3) is 1.82. The van der Waals surface area contributed by atoms with E-state index < -0.39 is 5.72 Å². The maximum atomic E-state index is 11.6. The summed E-state index contributed by atoms with van der Waals surface area (Å²) in [6, 6.07) is 7.31. The first-order chi connectivity index (χ1) is 6.59. The van der Waals surface area contributed by atoms with Crippen LogP contribution in [0.3, 0.4) is 0 Å². The topological polar surface area (TPSA) is 38.7 Å². The summed E-state index contributed by atoms with van der Waals surface area (Å²) in [6.45, 7) is 3.69. The Morgan fingerprint density at radius 2 is 2.21 bits per heavy atom. The molecular weight excluding hydrogens is 178 g/mol. The predicted octanol–water partition coefficient (Wildman–Crippen LogP) is 1.95. The largest absolute Gasteiger partial charge is 0.428 e. The Balaban J connectivity index is 2.11. The molecule has 0 amide bonds. The van der Waals surface area contributed by atoms with Gasteiger partial charge in [-0.25, -0.2) is 9.79 Å². The molecule has 1 aromatic rings. The molecule has 0 bridgehead atoms. The van der Waals surface area contributed by atoms with Crippen LogP contribution in [-0.4, -0.2) is 17.9 Å².